The molecule has 0 unspecified atom stereocenters. The van der Waals surface area contributed by atoms with Crippen LogP contribution in [0.4, 0.5) is 0 Å². The SMILES string of the molecule is CCCCCCc1cc(-c2ccc(Cl)cc2)co1. The van der Waals surface area contributed by atoms with Crippen LogP contribution in [0.25, 0.3) is 11.1 Å². The first-order chi connectivity index (χ1) is 8.79. The summed E-state index contributed by atoms with van der Waals surface area (Å²) in [6.45, 7) is 2.23. The van der Waals surface area contributed by atoms with E-state index in [0.717, 1.165) is 28.3 Å². The van der Waals surface area contributed by atoms with Crippen molar-refractivity contribution < 1.29 is 4.42 Å². The van der Waals surface area contributed by atoms with E-state index in [-0.39, 0.29) is 0 Å². The molecule has 0 aliphatic carbocycles. The number of halogens is 1. The molecule has 2 rings (SSSR count). The van der Waals surface area contributed by atoms with Gasteiger partial charge in [-0.25, -0.2) is 0 Å². The molecule has 96 valence electrons. The zero-order chi connectivity index (χ0) is 12.8. The van der Waals surface area contributed by atoms with Gasteiger partial charge in [-0.15, -0.1) is 0 Å². The second kappa shape index (κ2) is 6.65. The van der Waals surface area contributed by atoms with E-state index in [1.165, 1.54) is 25.7 Å². The predicted molar refractivity (Wildman–Crippen MR) is 77.0 cm³/mol. The minimum absolute atomic E-state index is 0.766. The molecule has 0 aliphatic rings. The van der Waals surface area contributed by atoms with Crippen LogP contribution in [0.3, 0.4) is 0 Å². The highest BCUT2D eigenvalue weighted by Crippen LogP contribution is 2.24. The van der Waals surface area contributed by atoms with E-state index in [0.29, 0.717) is 0 Å². The minimum atomic E-state index is 0.766. The first-order valence-electron chi connectivity index (χ1n) is 6.63. The van der Waals surface area contributed by atoms with Gasteiger partial charge < -0.3 is 4.42 Å². The number of unbranched alkanes of at least 4 members (excludes halogenated alkanes) is 3. The van der Waals surface area contributed by atoms with E-state index in [1.54, 1.807) is 0 Å². The van der Waals surface area contributed by atoms with Crippen molar-refractivity contribution in [1.82, 2.24) is 0 Å². The van der Waals surface area contributed by atoms with Crippen LogP contribution in [0.2, 0.25) is 5.02 Å². The fourth-order valence-corrected chi connectivity index (χ4v) is 2.16. The summed E-state index contributed by atoms with van der Waals surface area (Å²) in [6.07, 6.45) is 7.94. The van der Waals surface area contributed by atoms with Gasteiger partial charge in [-0.1, -0.05) is 49.9 Å². The zero-order valence-electron chi connectivity index (χ0n) is 10.8. The first kappa shape index (κ1) is 13.2. The van der Waals surface area contributed by atoms with Crippen LogP contribution in [0.1, 0.15) is 38.4 Å². The Kier molecular flexibility index (Phi) is 4.89. The lowest BCUT2D eigenvalue weighted by Crippen LogP contribution is -1.82. The van der Waals surface area contributed by atoms with E-state index in [4.69, 9.17) is 16.0 Å². The predicted octanol–water partition coefficient (Wildman–Crippen LogP) is 5.72. The summed E-state index contributed by atoms with van der Waals surface area (Å²) in [5.74, 6) is 1.08. The number of hydrogen-bond acceptors (Lipinski definition) is 1. The van der Waals surface area contributed by atoms with Crippen LogP contribution in [0.5, 0.6) is 0 Å². The maximum atomic E-state index is 5.88. The molecule has 0 aliphatic heterocycles. The molecule has 0 spiro atoms. The lowest BCUT2D eigenvalue weighted by Gasteiger charge is -1.97. The molecule has 0 saturated carbocycles. The van der Waals surface area contributed by atoms with Crippen LogP contribution in [-0.4, -0.2) is 0 Å². The Hall–Kier alpha value is -1.21. The Bertz CT molecular complexity index is 470. The maximum absolute atomic E-state index is 5.88. The lowest BCUT2D eigenvalue weighted by atomic mass is 10.1. The highest BCUT2D eigenvalue weighted by atomic mass is 35.5. The van der Waals surface area contributed by atoms with Crippen molar-refractivity contribution in [2.24, 2.45) is 0 Å². The second-order valence-corrected chi connectivity index (χ2v) is 5.06. The van der Waals surface area contributed by atoms with Crippen molar-refractivity contribution in [3.63, 3.8) is 0 Å². The van der Waals surface area contributed by atoms with Crippen molar-refractivity contribution in [2.75, 3.05) is 0 Å². The highest BCUT2D eigenvalue weighted by molar-refractivity contribution is 6.30. The standard InChI is InChI=1S/C16H19ClO/c1-2-3-4-5-6-16-11-14(12-18-16)13-7-9-15(17)10-8-13/h7-12H,2-6H2,1H3. The third-order valence-electron chi connectivity index (χ3n) is 3.11. The summed E-state index contributed by atoms with van der Waals surface area (Å²) in [4.78, 5) is 0. The molecular weight excluding hydrogens is 244 g/mol. The Morgan fingerprint density at radius 1 is 1.00 bits per heavy atom. The molecule has 2 aromatic rings. The molecule has 0 amide bonds. The summed E-state index contributed by atoms with van der Waals surface area (Å²) >= 11 is 5.88. The minimum Gasteiger partial charge on any atom is -0.469 e. The van der Waals surface area contributed by atoms with Gasteiger partial charge in [0, 0.05) is 17.0 Å². The van der Waals surface area contributed by atoms with E-state index in [1.807, 2.05) is 30.5 Å². The van der Waals surface area contributed by atoms with Crippen LogP contribution >= 0.6 is 11.6 Å². The van der Waals surface area contributed by atoms with Gasteiger partial charge in [-0.05, 0) is 30.2 Å². The molecule has 0 saturated heterocycles. The van der Waals surface area contributed by atoms with Crippen LogP contribution in [-0.2, 0) is 6.42 Å². The first-order valence-corrected chi connectivity index (χ1v) is 7.00. The van der Waals surface area contributed by atoms with Gasteiger partial charge in [-0.2, -0.15) is 0 Å². The van der Waals surface area contributed by atoms with Crippen molar-refractivity contribution in [3.8, 4) is 11.1 Å². The fraction of sp³-hybridized carbons (Fsp3) is 0.375. The Morgan fingerprint density at radius 3 is 2.50 bits per heavy atom. The van der Waals surface area contributed by atoms with Crippen LogP contribution in [0, 0.1) is 0 Å². The van der Waals surface area contributed by atoms with E-state index < -0.39 is 0 Å². The molecule has 0 N–H and O–H groups in total. The lowest BCUT2D eigenvalue weighted by molar-refractivity contribution is 0.495. The van der Waals surface area contributed by atoms with E-state index in [2.05, 4.69) is 13.0 Å². The molecular formula is C16H19ClO. The van der Waals surface area contributed by atoms with Crippen molar-refractivity contribution >= 4 is 11.6 Å². The van der Waals surface area contributed by atoms with Crippen molar-refractivity contribution in [1.29, 1.82) is 0 Å². The summed E-state index contributed by atoms with van der Waals surface area (Å²) in [6, 6.07) is 9.99. The van der Waals surface area contributed by atoms with Gasteiger partial charge in [0.15, 0.2) is 0 Å². The van der Waals surface area contributed by atoms with Gasteiger partial charge in [-0.3, -0.25) is 0 Å². The third-order valence-corrected chi connectivity index (χ3v) is 3.36. The molecule has 1 nitrogen and oxygen atoms in total. The molecule has 1 aromatic heterocycles. The Labute approximate surface area is 114 Å². The van der Waals surface area contributed by atoms with Gasteiger partial charge in [0.25, 0.3) is 0 Å². The fourth-order valence-electron chi connectivity index (χ4n) is 2.03. The monoisotopic (exact) mass is 262 g/mol. The zero-order valence-corrected chi connectivity index (χ0v) is 11.5. The summed E-state index contributed by atoms with van der Waals surface area (Å²) in [5, 5.41) is 0.766. The average Bonchev–Trinajstić information content (AvgIpc) is 2.84. The third kappa shape index (κ3) is 3.64. The largest absolute Gasteiger partial charge is 0.469 e. The normalized spacial score (nSPS) is 10.8. The molecule has 0 atom stereocenters. The average molecular weight is 263 g/mol. The molecule has 2 heteroatoms. The molecule has 1 aromatic carbocycles. The molecule has 0 bridgehead atoms. The topological polar surface area (TPSA) is 13.1 Å². The summed E-state index contributed by atoms with van der Waals surface area (Å²) in [5.41, 5.74) is 2.29. The van der Waals surface area contributed by atoms with Gasteiger partial charge in [0.05, 0.1) is 6.26 Å². The van der Waals surface area contributed by atoms with Crippen LogP contribution in [0.15, 0.2) is 41.0 Å². The van der Waals surface area contributed by atoms with Gasteiger partial charge in [0.2, 0.25) is 0 Å². The molecule has 0 fully saturated rings. The van der Waals surface area contributed by atoms with Crippen molar-refractivity contribution in [3.05, 3.63) is 47.4 Å². The Balaban J connectivity index is 1.95. The molecule has 18 heavy (non-hydrogen) atoms. The highest BCUT2D eigenvalue weighted by Gasteiger charge is 2.04. The quantitative estimate of drug-likeness (QED) is 0.607. The van der Waals surface area contributed by atoms with Crippen LogP contribution < -0.4 is 0 Å². The van der Waals surface area contributed by atoms with Gasteiger partial charge >= 0.3 is 0 Å². The Morgan fingerprint density at radius 2 is 1.78 bits per heavy atom. The number of hydrogen-bond donors (Lipinski definition) is 0. The number of furan rings is 1. The number of benzene rings is 1. The molecule has 1 heterocycles. The van der Waals surface area contributed by atoms with E-state index >= 15 is 0 Å². The van der Waals surface area contributed by atoms with Crippen molar-refractivity contribution in [2.45, 2.75) is 39.0 Å². The maximum Gasteiger partial charge on any atom is 0.104 e. The molecule has 0 radical (unpaired) electrons. The number of aryl methyl sites for hydroxylation is 1. The summed E-state index contributed by atoms with van der Waals surface area (Å²) < 4.78 is 5.60. The van der Waals surface area contributed by atoms with E-state index in [9.17, 15) is 0 Å². The number of rotatable bonds is 6. The summed E-state index contributed by atoms with van der Waals surface area (Å²) in [7, 11) is 0. The smallest absolute Gasteiger partial charge is 0.104 e. The van der Waals surface area contributed by atoms with Gasteiger partial charge in [0.1, 0.15) is 5.76 Å². The second-order valence-electron chi connectivity index (χ2n) is 4.62.